The van der Waals surface area contributed by atoms with Gasteiger partial charge in [0.2, 0.25) is 0 Å². The molecule has 4 nitrogen and oxygen atoms in total. The van der Waals surface area contributed by atoms with Crippen LogP contribution < -0.4 is 15.2 Å². The van der Waals surface area contributed by atoms with E-state index < -0.39 is 0 Å². The number of hydrogen-bond donors (Lipinski definition) is 1. The van der Waals surface area contributed by atoms with Crippen molar-refractivity contribution in [1.82, 2.24) is 4.98 Å². The van der Waals surface area contributed by atoms with Gasteiger partial charge in [0, 0.05) is 11.8 Å². The smallest absolute Gasteiger partial charge is 0.161 e. The molecule has 5 heteroatoms. The van der Waals surface area contributed by atoms with Crippen LogP contribution in [0.1, 0.15) is 0 Å². The zero-order valence-corrected chi connectivity index (χ0v) is 12.8. The van der Waals surface area contributed by atoms with Gasteiger partial charge in [0.05, 0.1) is 14.2 Å². The van der Waals surface area contributed by atoms with E-state index in [4.69, 9.17) is 15.2 Å². The van der Waals surface area contributed by atoms with E-state index in [-0.39, 0.29) is 0 Å². The lowest BCUT2D eigenvalue weighted by atomic mass is 10.1. The molecule has 0 atom stereocenters. The summed E-state index contributed by atoms with van der Waals surface area (Å²) in [7, 11) is 3.23. The van der Waals surface area contributed by atoms with Gasteiger partial charge in [0.25, 0.3) is 0 Å². The second-order valence-electron chi connectivity index (χ2n) is 3.54. The second-order valence-corrected chi connectivity index (χ2v) is 3.54. The number of pyridine rings is 1. The zero-order valence-electron chi connectivity index (χ0n) is 11.2. The lowest BCUT2D eigenvalue weighted by Crippen LogP contribution is -1.92. The van der Waals surface area contributed by atoms with Crippen molar-refractivity contribution in [2.75, 3.05) is 25.8 Å². The number of methoxy groups -OCH3 is 2. The molecule has 0 bridgehead atoms. The summed E-state index contributed by atoms with van der Waals surface area (Å²) in [5.41, 5.74) is 7.55. The van der Waals surface area contributed by atoms with Crippen LogP contribution in [-0.4, -0.2) is 25.0 Å². The van der Waals surface area contributed by atoms with E-state index in [2.05, 4.69) is 20.9 Å². The Morgan fingerprint density at radius 2 is 1.58 bits per heavy atom. The Kier molecular flexibility index (Phi) is 6.15. The molecule has 102 valence electrons. The van der Waals surface area contributed by atoms with Crippen LogP contribution in [0, 0.1) is 0 Å². The van der Waals surface area contributed by atoms with Crippen molar-refractivity contribution in [2.45, 2.75) is 0 Å². The van der Waals surface area contributed by atoms with Crippen LogP contribution in [0.25, 0.3) is 11.1 Å². The number of hydrogen-bond acceptors (Lipinski definition) is 4. The molecule has 0 fully saturated rings. The maximum absolute atomic E-state index is 5.55. The van der Waals surface area contributed by atoms with E-state index in [1.165, 1.54) is 0 Å². The molecule has 0 saturated carbocycles. The van der Waals surface area contributed by atoms with Gasteiger partial charge >= 0.3 is 0 Å². The summed E-state index contributed by atoms with van der Waals surface area (Å²) in [4.78, 5) is 4.06. The summed E-state index contributed by atoms with van der Waals surface area (Å²) in [5.74, 6) is 3.73. The summed E-state index contributed by atoms with van der Waals surface area (Å²) < 4.78 is 10.4. The first kappa shape index (κ1) is 15.3. The number of aromatic nitrogens is 1. The average Bonchev–Trinajstić information content (AvgIpc) is 2.49. The van der Waals surface area contributed by atoms with Crippen molar-refractivity contribution >= 4 is 21.7 Å². The van der Waals surface area contributed by atoms with E-state index >= 15 is 0 Å². The summed E-state index contributed by atoms with van der Waals surface area (Å²) >= 11 is 2.94. The highest BCUT2D eigenvalue weighted by Crippen LogP contribution is 2.31. The van der Waals surface area contributed by atoms with Crippen LogP contribution >= 0.6 is 15.9 Å². The molecular formula is C14H17BrN2O2. The molecule has 0 amide bonds. The highest BCUT2D eigenvalue weighted by Gasteiger charge is 2.06. The minimum absolute atomic E-state index is 0.509. The third-order valence-electron chi connectivity index (χ3n) is 2.50. The molecule has 0 aliphatic carbocycles. The number of alkyl halides is 1. The number of rotatable bonds is 3. The number of nitrogens with zero attached hydrogens (tertiary/aromatic N) is 1. The molecule has 0 spiro atoms. The van der Waals surface area contributed by atoms with Gasteiger partial charge in [-0.3, -0.25) is 0 Å². The fourth-order valence-corrected chi connectivity index (χ4v) is 1.59. The molecule has 0 aliphatic rings. The highest BCUT2D eigenvalue weighted by molar-refractivity contribution is 9.08. The molecule has 2 rings (SSSR count). The van der Waals surface area contributed by atoms with Gasteiger partial charge < -0.3 is 15.2 Å². The van der Waals surface area contributed by atoms with E-state index in [1.807, 2.05) is 30.1 Å². The lowest BCUT2D eigenvalue weighted by molar-refractivity contribution is 0.355. The first-order valence-electron chi connectivity index (χ1n) is 5.56. The predicted octanol–water partition coefficient (Wildman–Crippen LogP) is 3.36. The summed E-state index contributed by atoms with van der Waals surface area (Å²) in [5, 5.41) is 0. The third kappa shape index (κ3) is 3.86. The molecule has 1 aromatic heterocycles. The molecular weight excluding hydrogens is 308 g/mol. The maximum Gasteiger partial charge on any atom is 0.161 e. The normalized spacial score (nSPS) is 9.26. The van der Waals surface area contributed by atoms with E-state index in [0.717, 1.165) is 11.1 Å². The van der Waals surface area contributed by atoms with E-state index in [9.17, 15) is 0 Å². The fourth-order valence-electron chi connectivity index (χ4n) is 1.59. The largest absolute Gasteiger partial charge is 0.493 e. The van der Waals surface area contributed by atoms with Crippen molar-refractivity contribution in [3.63, 3.8) is 0 Å². The van der Waals surface area contributed by atoms with Crippen LogP contribution in [0.15, 0.2) is 36.5 Å². The monoisotopic (exact) mass is 324 g/mol. The predicted molar refractivity (Wildman–Crippen MR) is 82.0 cm³/mol. The fraction of sp³-hybridized carbons (Fsp3) is 0.214. The summed E-state index contributed by atoms with van der Waals surface area (Å²) in [6, 6.07) is 9.42. The Morgan fingerprint density at radius 1 is 0.947 bits per heavy atom. The Morgan fingerprint density at radius 3 is 2.11 bits per heavy atom. The van der Waals surface area contributed by atoms with Crippen LogP contribution in [-0.2, 0) is 0 Å². The quantitative estimate of drug-likeness (QED) is 0.879. The van der Waals surface area contributed by atoms with Gasteiger partial charge in [0.1, 0.15) is 5.82 Å². The molecule has 0 radical (unpaired) electrons. The zero-order chi connectivity index (χ0) is 14.3. The number of nitrogens with two attached hydrogens (primary N) is 1. The van der Waals surface area contributed by atoms with Gasteiger partial charge in [0.15, 0.2) is 11.5 Å². The number of anilines is 1. The summed E-state index contributed by atoms with van der Waals surface area (Å²) in [6.45, 7) is 0. The molecule has 0 aliphatic heterocycles. The van der Waals surface area contributed by atoms with E-state index in [1.54, 1.807) is 26.5 Å². The maximum atomic E-state index is 5.55. The Labute approximate surface area is 121 Å². The topological polar surface area (TPSA) is 57.4 Å². The van der Waals surface area contributed by atoms with Gasteiger partial charge in [-0.2, -0.15) is 0 Å². The van der Waals surface area contributed by atoms with Crippen LogP contribution in [0.4, 0.5) is 5.82 Å². The van der Waals surface area contributed by atoms with Gasteiger partial charge in [-0.25, -0.2) is 4.98 Å². The number of halogens is 1. The Hall–Kier alpha value is -1.75. The average molecular weight is 325 g/mol. The standard InChI is InChI=1S/C13H14N2O2.CH3Br/c1-16-11-5-3-9(7-12(11)17-2)10-4-6-13(14)15-8-10;1-2/h3-8H,1-2H3,(H2,14,15);1H3. The van der Waals surface area contributed by atoms with Crippen molar-refractivity contribution in [1.29, 1.82) is 0 Å². The second kappa shape index (κ2) is 7.63. The van der Waals surface area contributed by atoms with Crippen LogP contribution in [0.2, 0.25) is 0 Å². The number of benzene rings is 1. The van der Waals surface area contributed by atoms with Gasteiger partial charge in [-0.1, -0.05) is 22.0 Å². The van der Waals surface area contributed by atoms with Crippen LogP contribution in [0.3, 0.4) is 0 Å². The molecule has 19 heavy (non-hydrogen) atoms. The Bertz CT molecular complexity index is 515. The third-order valence-corrected chi connectivity index (χ3v) is 2.50. The van der Waals surface area contributed by atoms with Gasteiger partial charge in [-0.05, 0) is 35.7 Å². The van der Waals surface area contributed by atoms with Gasteiger partial charge in [-0.15, -0.1) is 0 Å². The van der Waals surface area contributed by atoms with Crippen molar-refractivity contribution in [3.8, 4) is 22.6 Å². The molecule has 2 aromatic rings. The first-order valence-corrected chi connectivity index (χ1v) is 7.15. The minimum Gasteiger partial charge on any atom is -0.493 e. The van der Waals surface area contributed by atoms with Crippen molar-refractivity contribution in [2.24, 2.45) is 0 Å². The van der Waals surface area contributed by atoms with E-state index in [0.29, 0.717) is 17.3 Å². The van der Waals surface area contributed by atoms with Crippen molar-refractivity contribution in [3.05, 3.63) is 36.5 Å². The number of ether oxygens (including phenoxy) is 2. The lowest BCUT2D eigenvalue weighted by Gasteiger charge is -2.09. The van der Waals surface area contributed by atoms with Crippen LogP contribution in [0.5, 0.6) is 11.5 Å². The SMILES string of the molecule is CBr.COc1ccc(-c2ccc(N)nc2)cc1OC. The van der Waals surface area contributed by atoms with Crippen molar-refractivity contribution < 1.29 is 9.47 Å². The minimum atomic E-state index is 0.509. The molecule has 2 N–H and O–H groups in total. The molecule has 0 unspecified atom stereocenters. The highest BCUT2D eigenvalue weighted by atomic mass is 79.9. The molecule has 0 saturated heterocycles. The summed E-state index contributed by atoms with van der Waals surface area (Å²) in [6.07, 6.45) is 1.73. The molecule has 1 aromatic carbocycles. The Balaban J connectivity index is 0.000000861. The number of nitrogen functional groups attached to an aromatic ring is 1. The molecule has 1 heterocycles. The first-order chi connectivity index (χ1) is 9.24.